The third-order valence-electron chi connectivity index (χ3n) is 3.68. The van der Waals surface area contributed by atoms with Gasteiger partial charge in [0.15, 0.2) is 0 Å². The minimum Gasteiger partial charge on any atom is -0.336 e. The van der Waals surface area contributed by atoms with Gasteiger partial charge in [-0.2, -0.15) is 0 Å². The molecule has 0 spiro atoms. The molecule has 1 aliphatic rings. The normalized spacial score (nSPS) is 16.6. The number of rotatable bonds is 5. The zero-order chi connectivity index (χ0) is 14.4. The number of piperazine rings is 1. The van der Waals surface area contributed by atoms with Gasteiger partial charge in [-0.05, 0) is 45.7 Å². The molecular formula is C16H24N3O. The van der Waals surface area contributed by atoms with Crippen LogP contribution >= 0.6 is 0 Å². The van der Waals surface area contributed by atoms with E-state index in [1.807, 2.05) is 23.1 Å². The SMILES string of the molecule is CN(C)CCCN1CCN(C(=O)c2[c]cccc2)CC1. The number of hydrogen-bond acceptors (Lipinski definition) is 3. The Morgan fingerprint density at radius 3 is 2.60 bits per heavy atom. The van der Waals surface area contributed by atoms with Crippen molar-refractivity contribution in [1.29, 1.82) is 0 Å². The van der Waals surface area contributed by atoms with Crippen LogP contribution in [0.2, 0.25) is 0 Å². The predicted molar refractivity (Wildman–Crippen MR) is 80.8 cm³/mol. The van der Waals surface area contributed by atoms with Crippen LogP contribution < -0.4 is 0 Å². The fourth-order valence-corrected chi connectivity index (χ4v) is 2.48. The summed E-state index contributed by atoms with van der Waals surface area (Å²) in [5.41, 5.74) is 0.675. The van der Waals surface area contributed by atoms with Crippen molar-refractivity contribution in [2.24, 2.45) is 0 Å². The maximum atomic E-state index is 12.3. The summed E-state index contributed by atoms with van der Waals surface area (Å²) in [7, 11) is 4.21. The Balaban J connectivity index is 1.75. The van der Waals surface area contributed by atoms with E-state index >= 15 is 0 Å². The number of hydrogen-bond donors (Lipinski definition) is 0. The Labute approximate surface area is 122 Å². The Morgan fingerprint density at radius 2 is 2.00 bits per heavy atom. The van der Waals surface area contributed by atoms with Crippen molar-refractivity contribution in [3.8, 4) is 0 Å². The fourth-order valence-electron chi connectivity index (χ4n) is 2.48. The van der Waals surface area contributed by atoms with Gasteiger partial charge in [-0.1, -0.05) is 18.2 Å². The molecule has 1 heterocycles. The molecule has 109 valence electrons. The zero-order valence-corrected chi connectivity index (χ0v) is 12.5. The van der Waals surface area contributed by atoms with Gasteiger partial charge in [-0.25, -0.2) is 0 Å². The van der Waals surface area contributed by atoms with E-state index in [-0.39, 0.29) is 5.91 Å². The quantitative estimate of drug-likeness (QED) is 0.807. The average Bonchev–Trinajstić information content (AvgIpc) is 2.48. The highest BCUT2D eigenvalue weighted by atomic mass is 16.2. The van der Waals surface area contributed by atoms with Gasteiger partial charge in [0.1, 0.15) is 0 Å². The van der Waals surface area contributed by atoms with Crippen molar-refractivity contribution in [3.05, 3.63) is 35.9 Å². The lowest BCUT2D eigenvalue weighted by Gasteiger charge is -2.34. The number of benzene rings is 1. The monoisotopic (exact) mass is 274 g/mol. The summed E-state index contributed by atoms with van der Waals surface area (Å²) < 4.78 is 0. The van der Waals surface area contributed by atoms with Crippen LogP contribution in [0.25, 0.3) is 0 Å². The molecule has 1 amide bonds. The van der Waals surface area contributed by atoms with Crippen molar-refractivity contribution in [2.75, 3.05) is 53.4 Å². The first-order chi connectivity index (χ1) is 9.66. The second kappa shape index (κ2) is 7.41. The molecule has 2 rings (SSSR count). The zero-order valence-electron chi connectivity index (χ0n) is 12.5. The summed E-state index contributed by atoms with van der Waals surface area (Å²) in [6.45, 7) is 5.85. The number of carbonyl (C=O) groups is 1. The molecule has 4 nitrogen and oxygen atoms in total. The van der Waals surface area contributed by atoms with Gasteiger partial charge in [0.05, 0.1) is 0 Å². The topological polar surface area (TPSA) is 26.8 Å². The van der Waals surface area contributed by atoms with E-state index in [4.69, 9.17) is 0 Å². The van der Waals surface area contributed by atoms with Crippen LogP contribution in [0.1, 0.15) is 16.8 Å². The maximum Gasteiger partial charge on any atom is 0.254 e. The van der Waals surface area contributed by atoms with Gasteiger partial charge in [-0.15, -0.1) is 0 Å². The summed E-state index contributed by atoms with van der Waals surface area (Å²) >= 11 is 0. The average molecular weight is 274 g/mol. The molecule has 4 heteroatoms. The van der Waals surface area contributed by atoms with Crippen molar-refractivity contribution in [1.82, 2.24) is 14.7 Å². The van der Waals surface area contributed by atoms with Crippen LogP contribution in [0.3, 0.4) is 0 Å². The maximum absolute atomic E-state index is 12.3. The number of nitrogens with zero attached hydrogens (tertiary/aromatic N) is 3. The van der Waals surface area contributed by atoms with E-state index in [2.05, 4.69) is 30.0 Å². The summed E-state index contributed by atoms with van der Waals surface area (Å²) in [6.07, 6.45) is 1.19. The first-order valence-corrected chi connectivity index (χ1v) is 7.30. The highest BCUT2D eigenvalue weighted by Gasteiger charge is 2.21. The van der Waals surface area contributed by atoms with Crippen LogP contribution in [0, 0.1) is 6.07 Å². The smallest absolute Gasteiger partial charge is 0.254 e. The van der Waals surface area contributed by atoms with Gasteiger partial charge >= 0.3 is 0 Å². The Morgan fingerprint density at radius 1 is 1.25 bits per heavy atom. The van der Waals surface area contributed by atoms with E-state index < -0.39 is 0 Å². The molecule has 0 bridgehead atoms. The molecule has 1 fully saturated rings. The minimum absolute atomic E-state index is 0.110. The van der Waals surface area contributed by atoms with Crippen LogP contribution in [-0.2, 0) is 0 Å². The third kappa shape index (κ3) is 4.32. The lowest BCUT2D eigenvalue weighted by Crippen LogP contribution is -2.49. The number of amides is 1. The summed E-state index contributed by atoms with van der Waals surface area (Å²) in [4.78, 5) is 18.9. The molecule has 0 unspecified atom stereocenters. The van der Waals surface area contributed by atoms with Crippen molar-refractivity contribution < 1.29 is 4.79 Å². The van der Waals surface area contributed by atoms with E-state index in [0.29, 0.717) is 5.56 Å². The first-order valence-electron chi connectivity index (χ1n) is 7.30. The lowest BCUT2D eigenvalue weighted by atomic mass is 10.2. The fraction of sp³-hybridized carbons (Fsp3) is 0.562. The van der Waals surface area contributed by atoms with Gasteiger partial charge in [-0.3, -0.25) is 9.69 Å². The number of carbonyl (C=O) groups excluding carboxylic acids is 1. The minimum atomic E-state index is 0.110. The Hall–Kier alpha value is -1.39. The van der Waals surface area contributed by atoms with Crippen LogP contribution in [0.4, 0.5) is 0 Å². The van der Waals surface area contributed by atoms with E-state index in [1.54, 1.807) is 6.07 Å². The lowest BCUT2D eigenvalue weighted by molar-refractivity contribution is 0.0633. The molecule has 0 atom stereocenters. The van der Waals surface area contributed by atoms with Gasteiger partial charge in [0, 0.05) is 31.7 Å². The molecule has 0 aliphatic carbocycles. The van der Waals surface area contributed by atoms with Crippen LogP contribution in [0.5, 0.6) is 0 Å². The molecule has 1 aromatic rings. The van der Waals surface area contributed by atoms with Gasteiger partial charge in [0.2, 0.25) is 0 Å². The highest BCUT2D eigenvalue weighted by Crippen LogP contribution is 2.08. The molecule has 1 radical (unpaired) electrons. The summed E-state index contributed by atoms with van der Waals surface area (Å²) in [5.74, 6) is 0.110. The van der Waals surface area contributed by atoms with Gasteiger partial charge < -0.3 is 9.80 Å². The molecule has 20 heavy (non-hydrogen) atoms. The van der Waals surface area contributed by atoms with Crippen LogP contribution in [-0.4, -0.2) is 74.0 Å². The predicted octanol–water partition coefficient (Wildman–Crippen LogP) is 1.20. The molecular weight excluding hydrogens is 250 g/mol. The second-order valence-corrected chi connectivity index (χ2v) is 5.57. The first kappa shape index (κ1) is 15.0. The largest absolute Gasteiger partial charge is 0.336 e. The van der Waals surface area contributed by atoms with Crippen molar-refractivity contribution in [3.63, 3.8) is 0 Å². The van der Waals surface area contributed by atoms with Gasteiger partial charge in [0.25, 0.3) is 5.91 Å². The summed E-state index contributed by atoms with van der Waals surface area (Å²) in [6, 6.07) is 10.4. The molecule has 0 N–H and O–H groups in total. The molecule has 1 aliphatic heterocycles. The molecule has 0 saturated carbocycles. The molecule has 1 saturated heterocycles. The van der Waals surface area contributed by atoms with Crippen molar-refractivity contribution >= 4 is 5.91 Å². The summed E-state index contributed by atoms with van der Waals surface area (Å²) in [5, 5.41) is 0. The molecule has 0 aromatic heterocycles. The van der Waals surface area contributed by atoms with E-state index in [1.165, 1.54) is 6.42 Å². The standard InChI is InChI=1S/C16H24N3O/c1-17(2)9-6-10-18-11-13-19(14-12-18)16(20)15-7-4-3-5-8-15/h3-5,7H,6,9-14H2,1-2H3. The van der Waals surface area contributed by atoms with E-state index in [9.17, 15) is 4.79 Å². The highest BCUT2D eigenvalue weighted by molar-refractivity contribution is 5.93. The Kier molecular flexibility index (Phi) is 5.56. The van der Waals surface area contributed by atoms with Crippen molar-refractivity contribution in [2.45, 2.75) is 6.42 Å². The van der Waals surface area contributed by atoms with Crippen LogP contribution in [0.15, 0.2) is 24.3 Å². The second-order valence-electron chi connectivity index (χ2n) is 5.57. The Bertz CT molecular complexity index is 411. The molecule has 1 aromatic carbocycles. The third-order valence-corrected chi connectivity index (χ3v) is 3.68. The van der Waals surface area contributed by atoms with E-state index in [0.717, 1.165) is 39.3 Å².